The molecule has 1 aliphatic carbocycles. The third kappa shape index (κ3) is 1.85. The van der Waals surface area contributed by atoms with E-state index in [9.17, 15) is 4.79 Å². The fraction of sp³-hybridized carbons (Fsp3) is 0.188. The highest BCUT2D eigenvalue weighted by atomic mass is 35.5. The predicted octanol–water partition coefficient (Wildman–Crippen LogP) is 4.37. The third-order valence-corrected chi connectivity index (χ3v) is 3.80. The van der Waals surface area contributed by atoms with Crippen LogP contribution in [-0.2, 0) is 0 Å². The summed E-state index contributed by atoms with van der Waals surface area (Å²) in [6.07, 6.45) is 0.570. The van der Waals surface area contributed by atoms with Crippen molar-refractivity contribution in [2.45, 2.75) is 19.3 Å². The van der Waals surface area contributed by atoms with E-state index < -0.39 is 0 Å². The Labute approximate surface area is 111 Å². The van der Waals surface area contributed by atoms with Crippen LogP contribution in [0.25, 0.3) is 0 Å². The van der Waals surface area contributed by atoms with Crippen molar-refractivity contribution in [1.82, 2.24) is 0 Å². The molecule has 18 heavy (non-hydrogen) atoms. The highest BCUT2D eigenvalue weighted by molar-refractivity contribution is 6.30. The van der Waals surface area contributed by atoms with Crippen LogP contribution in [0.1, 0.15) is 39.4 Å². The Bertz CT molecular complexity index is 613. The number of hydrogen-bond donors (Lipinski definition) is 0. The molecule has 0 radical (unpaired) electrons. The first-order valence-electron chi connectivity index (χ1n) is 6.04. The summed E-state index contributed by atoms with van der Waals surface area (Å²) >= 11 is 5.90. The van der Waals surface area contributed by atoms with Crippen molar-refractivity contribution in [2.75, 3.05) is 0 Å². The summed E-state index contributed by atoms with van der Waals surface area (Å²) in [5.74, 6) is 0.430. The molecule has 0 aromatic heterocycles. The Morgan fingerprint density at radius 2 is 1.83 bits per heavy atom. The summed E-state index contributed by atoms with van der Waals surface area (Å²) < 4.78 is 0. The van der Waals surface area contributed by atoms with Crippen LogP contribution >= 0.6 is 11.6 Å². The fourth-order valence-electron chi connectivity index (χ4n) is 2.61. The number of fused-ring (bicyclic) bond motifs is 1. The highest BCUT2D eigenvalue weighted by Crippen LogP contribution is 2.38. The molecule has 0 spiro atoms. The van der Waals surface area contributed by atoms with Gasteiger partial charge in [0.05, 0.1) is 0 Å². The number of rotatable bonds is 1. The van der Waals surface area contributed by atoms with Gasteiger partial charge in [0, 0.05) is 22.9 Å². The molecule has 0 saturated carbocycles. The molecule has 0 saturated heterocycles. The van der Waals surface area contributed by atoms with Crippen LogP contribution in [0.2, 0.25) is 5.02 Å². The van der Waals surface area contributed by atoms with Crippen molar-refractivity contribution >= 4 is 17.4 Å². The number of carbonyl (C=O) groups excluding carboxylic acids is 1. The lowest BCUT2D eigenvalue weighted by Gasteiger charge is -2.11. The quantitative estimate of drug-likeness (QED) is 0.741. The zero-order chi connectivity index (χ0) is 12.7. The first-order chi connectivity index (χ1) is 8.65. The molecule has 0 fully saturated rings. The number of benzene rings is 2. The van der Waals surface area contributed by atoms with E-state index in [0.29, 0.717) is 6.42 Å². The average molecular weight is 257 g/mol. The zero-order valence-electron chi connectivity index (χ0n) is 10.1. The number of Topliss-reactive ketones (excluding diaryl/α,β-unsaturated/α-hetero) is 1. The first-order valence-corrected chi connectivity index (χ1v) is 6.42. The molecule has 0 N–H and O–H groups in total. The van der Waals surface area contributed by atoms with E-state index in [1.54, 1.807) is 0 Å². The lowest BCUT2D eigenvalue weighted by atomic mass is 9.93. The summed E-state index contributed by atoms with van der Waals surface area (Å²) in [4.78, 5) is 12.0. The minimum atomic E-state index is 0.186. The van der Waals surface area contributed by atoms with Gasteiger partial charge in [-0.1, -0.05) is 41.4 Å². The van der Waals surface area contributed by atoms with Crippen LogP contribution in [0.3, 0.4) is 0 Å². The lowest BCUT2D eigenvalue weighted by molar-refractivity contribution is 0.0991. The molecule has 2 aromatic rings. The molecule has 1 unspecified atom stereocenters. The van der Waals surface area contributed by atoms with Gasteiger partial charge >= 0.3 is 0 Å². The molecule has 1 aliphatic rings. The average Bonchev–Trinajstić information content (AvgIpc) is 2.68. The maximum absolute atomic E-state index is 12.0. The third-order valence-electron chi connectivity index (χ3n) is 3.55. The van der Waals surface area contributed by atoms with Gasteiger partial charge in [0.2, 0.25) is 0 Å². The van der Waals surface area contributed by atoms with Crippen molar-refractivity contribution in [3.63, 3.8) is 0 Å². The monoisotopic (exact) mass is 256 g/mol. The Balaban J connectivity index is 2.07. The SMILES string of the molecule is Cc1ccc2c(c1)C(=O)CC2c1ccc(Cl)cc1. The van der Waals surface area contributed by atoms with Gasteiger partial charge in [0.1, 0.15) is 0 Å². The Morgan fingerprint density at radius 1 is 1.11 bits per heavy atom. The molecular formula is C16H13ClO. The van der Waals surface area contributed by atoms with Gasteiger partial charge in [-0.25, -0.2) is 0 Å². The number of halogens is 1. The van der Waals surface area contributed by atoms with E-state index in [-0.39, 0.29) is 11.7 Å². The molecule has 2 aromatic carbocycles. The number of ketones is 1. The summed E-state index contributed by atoms with van der Waals surface area (Å²) in [6, 6.07) is 13.9. The second kappa shape index (κ2) is 4.25. The molecule has 0 aliphatic heterocycles. The van der Waals surface area contributed by atoms with Crippen LogP contribution in [-0.4, -0.2) is 5.78 Å². The minimum Gasteiger partial charge on any atom is -0.294 e. The van der Waals surface area contributed by atoms with Crippen molar-refractivity contribution < 1.29 is 4.79 Å². The molecule has 2 heteroatoms. The highest BCUT2D eigenvalue weighted by Gasteiger charge is 2.30. The standard InChI is InChI=1S/C16H13ClO/c1-10-2-7-13-14(9-16(18)15(13)8-10)11-3-5-12(17)6-4-11/h2-8,14H,9H2,1H3. The lowest BCUT2D eigenvalue weighted by Crippen LogP contribution is -1.96. The van der Waals surface area contributed by atoms with E-state index >= 15 is 0 Å². The van der Waals surface area contributed by atoms with Crippen molar-refractivity contribution in [2.24, 2.45) is 0 Å². The van der Waals surface area contributed by atoms with Crippen molar-refractivity contribution in [3.05, 3.63) is 69.7 Å². The molecule has 0 heterocycles. The van der Waals surface area contributed by atoms with E-state index in [1.807, 2.05) is 37.3 Å². The largest absolute Gasteiger partial charge is 0.294 e. The van der Waals surface area contributed by atoms with Gasteiger partial charge in [0.25, 0.3) is 0 Å². The smallest absolute Gasteiger partial charge is 0.164 e. The number of aryl methyl sites for hydroxylation is 1. The molecule has 0 amide bonds. The van der Waals surface area contributed by atoms with Gasteiger partial charge in [-0.15, -0.1) is 0 Å². The molecule has 0 bridgehead atoms. The van der Waals surface area contributed by atoms with Gasteiger partial charge in [-0.2, -0.15) is 0 Å². The van der Waals surface area contributed by atoms with Gasteiger partial charge in [-0.3, -0.25) is 4.79 Å². The topological polar surface area (TPSA) is 17.1 Å². The van der Waals surface area contributed by atoms with Gasteiger partial charge in [-0.05, 0) is 36.2 Å². The maximum atomic E-state index is 12.0. The Kier molecular flexibility index (Phi) is 2.71. The maximum Gasteiger partial charge on any atom is 0.164 e. The normalized spacial score (nSPS) is 17.9. The van der Waals surface area contributed by atoms with Crippen molar-refractivity contribution in [3.8, 4) is 0 Å². The van der Waals surface area contributed by atoms with Crippen LogP contribution in [0.4, 0.5) is 0 Å². The summed E-state index contributed by atoms with van der Waals surface area (Å²) in [7, 11) is 0. The number of carbonyl (C=O) groups is 1. The Hall–Kier alpha value is -1.60. The predicted molar refractivity (Wildman–Crippen MR) is 73.4 cm³/mol. The fourth-order valence-corrected chi connectivity index (χ4v) is 2.74. The first kappa shape index (κ1) is 11.5. The molecular weight excluding hydrogens is 244 g/mol. The second-order valence-corrected chi connectivity index (χ2v) is 5.26. The van der Waals surface area contributed by atoms with E-state index in [0.717, 1.165) is 27.3 Å². The van der Waals surface area contributed by atoms with Gasteiger partial charge in [0.15, 0.2) is 5.78 Å². The Morgan fingerprint density at radius 3 is 2.56 bits per heavy atom. The minimum absolute atomic E-state index is 0.186. The number of hydrogen-bond acceptors (Lipinski definition) is 1. The molecule has 3 rings (SSSR count). The summed E-state index contributed by atoms with van der Waals surface area (Å²) in [5.41, 5.74) is 4.33. The summed E-state index contributed by atoms with van der Waals surface area (Å²) in [6.45, 7) is 2.02. The van der Waals surface area contributed by atoms with Crippen LogP contribution < -0.4 is 0 Å². The van der Waals surface area contributed by atoms with E-state index in [2.05, 4.69) is 12.1 Å². The second-order valence-electron chi connectivity index (χ2n) is 4.82. The van der Waals surface area contributed by atoms with E-state index in [1.165, 1.54) is 0 Å². The summed E-state index contributed by atoms with van der Waals surface area (Å²) in [5, 5.41) is 0.729. The van der Waals surface area contributed by atoms with Crippen LogP contribution in [0, 0.1) is 6.92 Å². The molecule has 1 nitrogen and oxygen atoms in total. The zero-order valence-corrected chi connectivity index (χ0v) is 10.9. The van der Waals surface area contributed by atoms with Crippen LogP contribution in [0.15, 0.2) is 42.5 Å². The van der Waals surface area contributed by atoms with Crippen molar-refractivity contribution in [1.29, 1.82) is 0 Å². The van der Waals surface area contributed by atoms with Crippen LogP contribution in [0.5, 0.6) is 0 Å². The molecule has 90 valence electrons. The van der Waals surface area contributed by atoms with E-state index in [4.69, 9.17) is 11.6 Å². The van der Waals surface area contributed by atoms with Gasteiger partial charge < -0.3 is 0 Å². The molecule has 1 atom stereocenters.